The van der Waals surface area contributed by atoms with E-state index in [1.54, 1.807) is 12.5 Å². The summed E-state index contributed by atoms with van der Waals surface area (Å²) in [6.45, 7) is 2.22. The van der Waals surface area contributed by atoms with E-state index in [1.807, 2.05) is 82.3 Å². The maximum atomic E-state index is 13.0. The summed E-state index contributed by atoms with van der Waals surface area (Å²) in [5.74, 6) is 1.29. The van der Waals surface area contributed by atoms with Crippen molar-refractivity contribution in [2.24, 2.45) is 0 Å². The summed E-state index contributed by atoms with van der Waals surface area (Å²) in [5.41, 5.74) is 2.72. The van der Waals surface area contributed by atoms with Crippen LogP contribution in [0.3, 0.4) is 0 Å². The number of nitrogens with one attached hydrogen (secondary N) is 2. The normalized spacial score (nSPS) is 15.7. The average Bonchev–Trinajstić information content (AvgIpc) is 3.38. The first-order valence-electron chi connectivity index (χ1n) is 12.4. The second-order valence-corrected chi connectivity index (χ2v) is 8.95. The highest BCUT2D eigenvalue weighted by Gasteiger charge is 2.24. The van der Waals surface area contributed by atoms with Gasteiger partial charge in [-0.2, -0.15) is 4.98 Å². The number of ether oxygens (including phenoxy) is 1. The molecule has 6 rings (SSSR count). The second-order valence-electron chi connectivity index (χ2n) is 8.95. The standard InChI is InChI=1S/C28H27N7O2/c36-28(32-23-10-5-7-20-6-1-2-8-22(20)23)34-16-17-37-21(18-34)12-14-29-27-30-15-13-26(33-27)35-19-31-24-9-3-4-11-25(24)35/h1-11,13,15,19,21H,12,14,16-18H2,(H,32,36)(H,29,30,33). The number of anilines is 2. The quantitative estimate of drug-likeness (QED) is 0.356. The van der Waals surface area contributed by atoms with Crippen molar-refractivity contribution in [2.75, 3.05) is 36.9 Å². The van der Waals surface area contributed by atoms with E-state index in [9.17, 15) is 4.79 Å². The van der Waals surface area contributed by atoms with Crippen LogP contribution < -0.4 is 10.6 Å². The molecule has 9 nitrogen and oxygen atoms in total. The molecule has 1 aliphatic heterocycles. The van der Waals surface area contributed by atoms with Crippen LogP contribution in [0, 0.1) is 0 Å². The highest BCUT2D eigenvalue weighted by molar-refractivity contribution is 6.01. The van der Waals surface area contributed by atoms with E-state index in [1.165, 1.54) is 0 Å². The first kappa shape index (κ1) is 22.9. The predicted molar refractivity (Wildman–Crippen MR) is 144 cm³/mol. The number of imidazole rings is 1. The van der Waals surface area contributed by atoms with Crippen molar-refractivity contribution < 1.29 is 9.53 Å². The minimum atomic E-state index is -0.110. The number of aromatic nitrogens is 4. The lowest BCUT2D eigenvalue weighted by atomic mass is 10.1. The lowest BCUT2D eigenvalue weighted by Gasteiger charge is -2.33. The molecule has 37 heavy (non-hydrogen) atoms. The zero-order valence-corrected chi connectivity index (χ0v) is 20.2. The lowest BCUT2D eigenvalue weighted by Crippen LogP contribution is -2.47. The van der Waals surface area contributed by atoms with Gasteiger partial charge in [0.15, 0.2) is 0 Å². The van der Waals surface area contributed by atoms with Crippen molar-refractivity contribution in [3.8, 4) is 5.82 Å². The van der Waals surface area contributed by atoms with E-state index >= 15 is 0 Å². The number of benzene rings is 3. The number of morpholine rings is 1. The number of hydrogen-bond donors (Lipinski definition) is 2. The fraction of sp³-hybridized carbons (Fsp3) is 0.214. The molecule has 1 aliphatic rings. The molecule has 2 aromatic heterocycles. The Kier molecular flexibility index (Phi) is 6.35. The molecular formula is C28H27N7O2. The van der Waals surface area contributed by atoms with Gasteiger partial charge in [0.2, 0.25) is 5.95 Å². The van der Waals surface area contributed by atoms with Gasteiger partial charge in [0.05, 0.1) is 29.4 Å². The van der Waals surface area contributed by atoms with Crippen LogP contribution >= 0.6 is 0 Å². The molecule has 3 heterocycles. The second kappa shape index (κ2) is 10.2. The number of carbonyl (C=O) groups excluding carboxylic acids is 1. The third-order valence-corrected chi connectivity index (χ3v) is 6.55. The first-order valence-corrected chi connectivity index (χ1v) is 12.4. The molecule has 5 aromatic rings. The molecule has 0 bridgehead atoms. The van der Waals surface area contributed by atoms with Crippen molar-refractivity contribution in [2.45, 2.75) is 12.5 Å². The Balaban J connectivity index is 1.05. The van der Waals surface area contributed by atoms with Gasteiger partial charge in [0, 0.05) is 31.2 Å². The molecule has 2 N–H and O–H groups in total. The minimum absolute atomic E-state index is 0.0692. The van der Waals surface area contributed by atoms with Crippen molar-refractivity contribution in [3.05, 3.63) is 85.3 Å². The number of para-hydroxylation sites is 2. The Bertz CT molecular complexity index is 1540. The highest BCUT2D eigenvalue weighted by atomic mass is 16.5. The van der Waals surface area contributed by atoms with Crippen molar-refractivity contribution >= 4 is 39.5 Å². The fourth-order valence-electron chi connectivity index (χ4n) is 4.66. The molecule has 1 saturated heterocycles. The molecule has 186 valence electrons. The monoisotopic (exact) mass is 493 g/mol. The third kappa shape index (κ3) is 4.94. The van der Waals surface area contributed by atoms with E-state index in [4.69, 9.17) is 4.74 Å². The molecule has 1 atom stereocenters. The number of carbonyl (C=O) groups is 1. The van der Waals surface area contributed by atoms with E-state index in [-0.39, 0.29) is 12.1 Å². The number of nitrogens with zero attached hydrogens (tertiary/aromatic N) is 5. The molecule has 2 amide bonds. The summed E-state index contributed by atoms with van der Waals surface area (Å²) < 4.78 is 7.88. The summed E-state index contributed by atoms with van der Waals surface area (Å²) in [7, 11) is 0. The molecule has 3 aromatic carbocycles. The van der Waals surface area contributed by atoms with E-state index in [0.717, 1.165) is 39.7 Å². The Morgan fingerprint density at radius 1 is 1.00 bits per heavy atom. The van der Waals surface area contributed by atoms with Gasteiger partial charge in [-0.3, -0.25) is 4.57 Å². The molecule has 0 spiro atoms. The van der Waals surface area contributed by atoms with Gasteiger partial charge in [-0.05, 0) is 36.1 Å². The Labute approximate surface area is 214 Å². The van der Waals surface area contributed by atoms with Gasteiger partial charge in [-0.15, -0.1) is 0 Å². The summed E-state index contributed by atoms with van der Waals surface area (Å²) in [4.78, 5) is 28.3. The highest BCUT2D eigenvalue weighted by Crippen LogP contribution is 2.24. The first-order chi connectivity index (χ1) is 18.2. The van der Waals surface area contributed by atoms with E-state index in [2.05, 4.69) is 25.6 Å². The summed E-state index contributed by atoms with van der Waals surface area (Å²) in [6.07, 6.45) is 4.15. The number of fused-ring (bicyclic) bond motifs is 2. The lowest BCUT2D eigenvalue weighted by molar-refractivity contribution is -0.0141. The van der Waals surface area contributed by atoms with Crippen LogP contribution in [0.1, 0.15) is 6.42 Å². The Morgan fingerprint density at radius 2 is 1.86 bits per heavy atom. The minimum Gasteiger partial charge on any atom is -0.374 e. The van der Waals surface area contributed by atoms with Crippen LogP contribution in [0.4, 0.5) is 16.4 Å². The molecule has 0 saturated carbocycles. The number of urea groups is 1. The predicted octanol–water partition coefficient (Wildman–Crippen LogP) is 4.70. The van der Waals surface area contributed by atoms with Crippen LogP contribution in [0.5, 0.6) is 0 Å². The van der Waals surface area contributed by atoms with Crippen LogP contribution in [-0.4, -0.2) is 62.8 Å². The summed E-state index contributed by atoms with van der Waals surface area (Å²) >= 11 is 0. The van der Waals surface area contributed by atoms with Gasteiger partial charge < -0.3 is 20.3 Å². The van der Waals surface area contributed by atoms with Crippen molar-refractivity contribution in [1.82, 2.24) is 24.4 Å². The maximum absolute atomic E-state index is 13.0. The van der Waals surface area contributed by atoms with Crippen molar-refractivity contribution in [3.63, 3.8) is 0 Å². The van der Waals surface area contributed by atoms with Crippen LogP contribution in [0.2, 0.25) is 0 Å². The SMILES string of the molecule is O=C(Nc1cccc2ccccc12)N1CCOC(CCNc2nccc(-n3cnc4ccccc43)n2)C1. The molecule has 0 aliphatic carbocycles. The number of hydrogen-bond acceptors (Lipinski definition) is 6. The molecule has 1 fully saturated rings. The Morgan fingerprint density at radius 3 is 2.84 bits per heavy atom. The number of amides is 2. The maximum Gasteiger partial charge on any atom is 0.322 e. The third-order valence-electron chi connectivity index (χ3n) is 6.55. The summed E-state index contributed by atoms with van der Waals surface area (Å²) in [5, 5.41) is 8.49. The van der Waals surface area contributed by atoms with E-state index in [0.29, 0.717) is 32.2 Å². The molecule has 0 radical (unpaired) electrons. The largest absolute Gasteiger partial charge is 0.374 e. The van der Waals surface area contributed by atoms with Gasteiger partial charge in [0.25, 0.3) is 0 Å². The van der Waals surface area contributed by atoms with Gasteiger partial charge >= 0.3 is 6.03 Å². The fourth-order valence-corrected chi connectivity index (χ4v) is 4.66. The molecular weight excluding hydrogens is 466 g/mol. The van der Waals surface area contributed by atoms with Crippen LogP contribution in [-0.2, 0) is 4.74 Å². The van der Waals surface area contributed by atoms with Gasteiger partial charge in [0.1, 0.15) is 12.1 Å². The molecule has 1 unspecified atom stereocenters. The van der Waals surface area contributed by atoms with Crippen molar-refractivity contribution in [1.29, 1.82) is 0 Å². The van der Waals surface area contributed by atoms with Crippen LogP contribution in [0.25, 0.3) is 27.6 Å². The van der Waals surface area contributed by atoms with Gasteiger partial charge in [-0.1, -0.05) is 48.5 Å². The summed E-state index contributed by atoms with van der Waals surface area (Å²) in [6, 6.07) is 23.7. The topological polar surface area (TPSA) is 97.2 Å². The molecule has 9 heteroatoms. The average molecular weight is 494 g/mol. The van der Waals surface area contributed by atoms with Crippen LogP contribution in [0.15, 0.2) is 85.3 Å². The van der Waals surface area contributed by atoms with Gasteiger partial charge in [-0.25, -0.2) is 14.8 Å². The zero-order chi connectivity index (χ0) is 25.0. The Hall–Kier alpha value is -4.50. The zero-order valence-electron chi connectivity index (χ0n) is 20.2. The van der Waals surface area contributed by atoms with E-state index < -0.39 is 0 Å². The number of rotatable bonds is 6. The smallest absolute Gasteiger partial charge is 0.322 e.